The molecule has 1 N–H and O–H groups in total. The molecule has 0 aliphatic carbocycles. The number of anilines is 1. The molecule has 0 spiro atoms. The Bertz CT molecular complexity index is 1240. The van der Waals surface area contributed by atoms with E-state index in [1.54, 1.807) is 21.1 Å². The fourth-order valence-corrected chi connectivity index (χ4v) is 4.98. The first kappa shape index (κ1) is 21.4. The van der Waals surface area contributed by atoms with E-state index in [9.17, 15) is 19.5 Å². The first-order chi connectivity index (χ1) is 14.8. The van der Waals surface area contributed by atoms with E-state index in [-0.39, 0.29) is 18.0 Å². The molecule has 1 aliphatic rings. The number of amides is 1. The fraction of sp³-hybridized carbons (Fsp3) is 0.348. The molecule has 0 bridgehead atoms. The van der Waals surface area contributed by atoms with Gasteiger partial charge in [0.15, 0.2) is 0 Å². The Labute approximate surface area is 188 Å². The number of carbonyl (C=O) groups excluding carboxylic acids is 1. The first-order valence-corrected chi connectivity index (χ1v) is 11.1. The van der Waals surface area contributed by atoms with Crippen LogP contribution in [0.1, 0.15) is 43.4 Å². The van der Waals surface area contributed by atoms with Crippen molar-refractivity contribution in [1.82, 2.24) is 9.13 Å². The lowest BCUT2D eigenvalue weighted by Crippen LogP contribution is -2.29. The van der Waals surface area contributed by atoms with Crippen LogP contribution in [0.2, 0.25) is 0 Å². The van der Waals surface area contributed by atoms with Crippen LogP contribution in [0.15, 0.2) is 45.7 Å². The number of hydrogen-bond acceptors (Lipinski definition) is 3. The Morgan fingerprint density at radius 3 is 2.58 bits per heavy atom. The first-order valence-electron chi connectivity index (χ1n) is 10.3. The molecule has 1 unspecified atom stereocenters. The summed E-state index contributed by atoms with van der Waals surface area (Å²) in [4.78, 5) is 38.9. The third kappa shape index (κ3) is 3.80. The summed E-state index contributed by atoms with van der Waals surface area (Å²) in [6.07, 6.45) is 1.58. The third-order valence-electron chi connectivity index (χ3n) is 5.94. The van der Waals surface area contributed by atoms with Gasteiger partial charge in [-0.3, -0.25) is 18.7 Å². The van der Waals surface area contributed by atoms with E-state index in [2.05, 4.69) is 15.9 Å². The second kappa shape index (κ2) is 8.34. The lowest BCUT2D eigenvalue weighted by molar-refractivity contribution is -0.138. The number of aliphatic carboxylic acids is 1. The second-order valence-corrected chi connectivity index (χ2v) is 8.88. The molecule has 1 amide bonds. The lowest BCUT2D eigenvalue weighted by atomic mass is 10.0. The zero-order valence-corrected chi connectivity index (χ0v) is 19.1. The van der Waals surface area contributed by atoms with Crippen molar-refractivity contribution in [2.24, 2.45) is 0 Å². The molecule has 7 nitrogen and oxygen atoms in total. The normalized spacial score (nSPS) is 14.3. The molecule has 2 heterocycles. The van der Waals surface area contributed by atoms with Crippen LogP contribution in [-0.4, -0.2) is 33.2 Å². The number of benzene rings is 2. The number of rotatable bonds is 7. The fourth-order valence-electron chi connectivity index (χ4n) is 4.49. The maximum atomic E-state index is 13.5. The predicted molar refractivity (Wildman–Crippen MR) is 123 cm³/mol. The second-order valence-electron chi connectivity index (χ2n) is 7.96. The number of likely N-dealkylation sites (N-methyl/N-ethyl adjacent to an activating group) is 1. The van der Waals surface area contributed by atoms with E-state index in [0.29, 0.717) is 19.4 Å². The molecule has 0 radical (unpaired) electrons. The molecule has 1 aliphatic heterocycles. The summed E-state index contributed by atoms with van der Waals surface area (Å²) in [5.41, 5.74) is 3.93. The third-order valence-corrected chi connectivity index (χ3v) is 6.40. The molecule has 4 rings (SSSR count). The van der Waals surface area contributed by atoms with Crippen LogP contribution in [0.25, 0.3) is 11.0 Å². The monoisotopic (exact) mass is 485 g/mol. The topological polar surface area (TPSA) is 84.5 Å². The molecule has 1 atom stereocenters. The van der Waals surface area contributed by atoms with Crippen LogP contribution in [0.5, 0.6) is 0 Å². The standard InChI is InChI=1S/C23H24BrN3O4/c1-3-6-16(11-22(29)30)27-19-8-5-4-7-18(19)26(23(27)31)13-14-9-15(24)10-20-17(14)12-21(28)25(20)2/h4-5,7-10,16H,3,6,11-13H2,1-2H3,(H,29,30). The number of halogens is 1. The summed E-state index contributed by atoms with van der Waals surface area (Å²) in [5.74, 6) is -0.901. The van der Waals surface area contributed by atoms with E-state index in [4.69, 9.17) is 0 Å². The number of fused-ring (bicyclic) bond motifs is 2. The molecular weight excluding hydrogens is 462 g/mol. The number of aromatic nitrogens is 2. The predicted octanol–water partition coefficient (Wildman–Crippen LogP) is 3.95. The van der Waals surface area contributed by atoms with Crippen molar-refractivity contribution < 1.29 is 14.7 Å². The van der Waals surface area contributed by atoms with E-state index in [0.717, 1.165) is 38.7 Å². The van der Waals surface area contributed by atoms with E-state index in [1.807, 2.05) is 43.3 Å². The maximum Gasteiger partial charge on any atom is 0.329 e. The highest BCUT2D eigenvalue weighted by Gasteiger charge is 2.28. The summed E-state index contributed by atoms with van der Waals surface area (Å²) < 4.78 is 4.15. The van der Waals surface area contributed by atoms with E-state index >= 15 is 0 Å². The van der Waals surface area contributed by atoms with Gasteiger partial charge in [-0.15, -0.1) is 0 Å². The van der Waals surface area contributed by atoms with E-state index < -0.39 is 12.0 Å². The number of imidazole rings is 1. The van der Waals surface area contributed by atoms with Gasteiger partial charge in [-0.25, -0.2) is 4.79 Å². The summed E-state index contributed by atoms with van der Waals surface area (Å²) in [7, 11) is 1.75. The minimum Gasteiger partial charge on any atom is -0.481 e. The van der Waals surface area contributed by atoms with Gasteiger partial charge in [0.2, 0.25) is 5.91 Å². The van der Waals surface area contributed by atoms with Crippen molar-refractivity contribution >= 4 is 44.5 Å². The Morgan fingerprint density at radius 1 is 1.19 bits per heavy atom. The van der Waals surface area contributed by atoms with Crippen molar-refractivity contribution in [3.63, 3.8) is 0 Å². The average Bonchev–Trinajstić information content (AvgIpc) is 3.16. The van der Waals surface area contributed by atoms with Gasteiger partial charge in [-0.1, -0.05) is 41.4 Å². The summed E-state index contributed by atoms with van der Waals surface area (Å²) in [6, 6.07) is 10.9. The minimum atomic E-state index is -0.923. The number of nitrogens with zero attached hydrogens (tertiary/aromatic N) is 3. The highest BCUT2D eigenvalue weighted by molar-refractivity contribution is 9.10. The van der Waals surface area contributed by atoms with Crippen LogP contribution in [-0.2, 0) is 22.6 Å². The van der Waals surface area contributed by atoms with Gasteiger partial charge in [0.05, 0.1) is 30.4 Å². The number of carboxylic acids is 1. The molecule has 3 aromatic rings. The molecular formula is C23H24BrN3O4. The Morgan fingerprint density at radius 2 is 1.90 bits per heavy atom. The van der Waals surface area contributed by atoms with Gasteiger partial charge >= 0.3 is 11.7 Å². The number of carbonyl (C=O) groups is 2. The molecule has 0 saturated heterocycles. The van der Waals surface area contributed by atoms with Gasteiger partial charge in [-0.2, -0.15) is 0 Å². The Balaban J connectivity index is 1.87. The van der Waals surface area contributed by atoms with Crippen LogP contribution < -0.4 is 10.6 Å². The zero-order valence-electron chi connectivity index (χ0n) is 17.5. The maximum absolute atomic E-state index is 13.5. The van der Waals surface area contributed by atoms with Crippen molar-refractivity contribution in [2.45, 2.75) is 45.2 Å². The van der Waals surface area contributed by atoms with Gasteiger partial charge in [0.1, 0.15) is 0 Å². The SMILES string of the molecule is CCCC(CC(=O)O)n1c(=O)n(Cc2cc(Br)cc3c2CC(=O)N3C)c2ccccc21. The Hall–Kier alpha value is -2.87. The van der Waals surface area contributed by atoms with Crippen LogP contribution >= 0.6 is 15.9 Å². The van der Waals surface area contributed by atoms with Crippen LogP contribution in [0.3, 0.4) is 0 Å². The molecule has 0 saturated carbocycles. The molecule has 8 heteroatoms. The molecule has 31 heavy (non-hydrogen) atoms. The number of carboxylic acid groups (broad SMARTS) is 1. The quantitative estimate of drug-likeness (QED) is 0.548. The number of para-hydroxylation sites is 2. The molecule has 1 aromatic heterocycles. The van der Waals surface area contributed by atoms with Crippen molar-refractivity contribution in [3.8, 4) is 0 Å². The molecule has 0 fully saturated rings. The molecule has 2 aromatic carbocycles. The van der Waals surface area contributed by atoms with E-state index in [1.165, 1.54) is 0 Å². The molecule has 162 valence electrons. The Kier molecular flexibility index (Phi) is 5.75. The summed E-state index contributed by atoms with van der Waals surface area (Å²) in [6.45, 7) is 2.29. The zero-order chi connectivity index (χ0) is 22.3. The van der Waals surface area contributed by atoms with Crippen LogP contribution in [0.4, 0.5) is 5.69 Å². The average molecular weight is 486 g/mol. The highest BCUT2D eigenvalue weighted by atomic mass is 79.9. The largest absolute Gasteiger partial charge is 0.481 e. The van der Waals surface area contributed by atoms with Crippen molar-refractivity contribution in [1.29, 1.82) is 0 Å². The van der Waals surface area contributed by atoms with Crippen LogP contribution in [0, 0.1) is 0 Å². The minimum absolute atomic E-state index is 0.0218. The van der Waals surface area contributed by atoms with Crippen molar-refractivity contribution in [3.05, 3.63) is 62.5 Å². The van der Waals surface area contributed by atoms with Gasteiger partial charge in [-0.05, 0) is 41.8 Å². The van der Waals surface area contributed by atoms with Gasteiger partial charge < -0.3 is 10.0 Å². The van der Waals surface area contributed by atoms with Gasteiger partial charge in [0.25, 0.3) is 0 Å². The lowest BCUT2D eigenvalue weighted by Gasteiger charge is -2.16. The van der Waals surface area contributed by atoms with Crippen molar-refractivity contribution in [2.75, 3.05) is 11.9 Å². The highest BCUT2D eigenvalue weighted by Crippen LogP contribution is 2.34. The number of hydrogen-bond donors (Lipinski definition) is 1. The summed E-state index contributed by atoms with van der Waals surface area (Å²) >= 11 is 3.53. The summed E-state index contributed by atoms with van der Waals surface area (Å²) in [5, 5.41) is 9.40. The van der Waals surface area contributed by atoms with Gasteiger partial charge in [0, 0.05) is 23.2 Å². The smallest absolute Gasteiger partial charge is 0.329 e.